The van der Waals surface area contributed by atoms with Gasteiger partial charge < -0.3 is 19.9 Å². The Morgan fingerprint density at radius 3 is 3.11 bits per heavy atom. The van der Waals surface area contributed by atoms with Crippen molar-refractivity contribution in [2.45, 2.75) is 25.9 Å². The van der Waals surface area contributed by atoms with E-state index in [1.807, 2.05) is 7.05 Å². The van der Waals surface area contributed by atoms with E-state index in [1.54, 1.807) is 10.9 Å². The zero-order valence-corrected chi connectivity index (χ0v) is 11.4. The van der Waals surface area contributed by atoms with Crippen molar-refractivity contribution in [1.29, 1.82) is 0 Å². The number of aromatic nitrogens is 3. The highest BCUT2D eigenvalue weighted by Gasteiger charge is 2.33. The summed E-state index contributed by atoms with van der Waals surface area (Å²) in [6.07, 6.45) is 2.66. The Morgan fingerprint density at radius 2 is 2.42 bits per heavy atom. The molecule has 2 atom stereocenters. The molecule has 2 rings (SSSR count). The standard InChI is InChI=1S/C12H21N5O2/c1-3-4-13-10-7-19-6-9(10)12(18)14-5-11-16-15-8-17(11)2/h8-10,13H,3-7H2,1-2H3,(H,14,18). The molecule has 7 nitrogen and oxygen atoms in total. The predicted octanol–water partition coefficient (Wildman–Crippen LogP) is -0.554. The van der Waals surface area contributed by atoms with Crippen LogP contribution in [0, 0.1) is 5.92 Å². The summed E-state index contributed by atoms with van der Waals surface area (Å²) < 4.78 is 7.18. The number of carbonyl (C=O) groups is 1. The maximum Gasteiger partial charge on any atom is 0.227 e. The minimum Gasteiger partial charge on any atom is -0.379 e. The van der Waals surface area contributed by atoms with Crippen molar-refractivity contribution in [1.82, 2.24) is 25.4 Å². The molecule has 0 aliphatic carbocycles. The number of ether oxygens (including phenoxy) is 1. The second-order valence-electron chi connectivity index (χ2n) is 4.78. The number of carbonyl (C=O) groups excluding carboxylic acids is 1. The van der Waals surface area contributed by atoms with Crippen LogP contribution in [-0.4, -0.2) is 46.5 Å². The minimum absolute atomic E-state index is 0.00843. The van der Waals surface area contributed by atoms with Gasteiger partial charge in [-0.05, 0) is 13.0 Å². The van der Waals surface area contributed by atoms with Crippen molar-refractivity contribution < 1.29 is 9.53 Å². The Morgan fingerprint density at radius 1 is 1.58 bits per heavy atom. The molecule has 1 aromatic rings. The Balaban J connectivity index is 1.83. The van der Waals surface area contributed by atoms with Gasteiger partial charge in [-0.25, -0.2) is 0 Å². The van der Waals surface area contributed by atoms with Gasteiger partial charge in [-0.15, -0.1) is 10.2 Å². The highest BCUT2D eigenvalue weighted by atomic mass is 16.5. The van der Waals surface area contributed by atoms with Gasteiger partial charge in [0.1, 0.15) is 6.33 Å². The fraction of sp³-hybridized carbons (Fsp3) is 0.750. The van der Waals surface area contributed by atoms with E-state index < -0.39 is 0 Å². The molecule has 2 unspecified atom stereocenters. The quantitative estimate of drug-likeness (QED) is 0.722. The molecule has 0 aromatic carbocycles. The van der Waals surface area contributed by atoms with Gasteiger partial charge in [0.05, 0.1) is 25.7 Å². The van der Waals surface area contributed by atoms with E-state index >= 15 is 0 Å². The summed E-state index contributed by atoms with van der Waals surface area (Å²) in [7, 11) is 1.85. The molecule has 2 N–H and O–H groups in total. The van der Waals surface area contributed by atoms with Crippen LogP contribution in [0.1, 0.15) is 19.2 Å². The van der Waals surface area contributed by atoms with Gasteiger partial charge in [-0.2, -0.15) is 0 Å². The molecule has 106 valence electrons. The van der Waals surface area contributed by atoms with E-state index in [2.05, 4.69) is 27.8 Å². The molecule has 19 heavy (non-hydrogen) atoms. The van der Waals surface area contributed by atoms with E-state index in [9.17, 15) is 4.79 Å². The summed E-state index contributed by atoms with van der Waals surface area (Å²) in [5, 5.41) is 14.0. The first-order chi connectivity index (χ1) is 9.22. The number of rotatable bonds is 6. The average molecular weight is 267 g/mol. The number of nitrogens with one attached hydrogen (secondary N) is 2. The summed E-state index contributed by atoms with van der Waals surface area (Å²) in [6, 6.07) is 0.111. The SMILES string of the molecule is CCCNC1COCC1C(=O)NCc1nncn1C. The number of nitrogens with zero attached hydrogens (tertiary/aromatic N) is 3. The number of aryl methyl sites for hydroxylation is 1. The van der Waals surface area contributed by atoms with Crippen LogP contribution in [-0.2, 0) is 23.1 Å². The molecule has 1 fully saturated rings. The number of amides is 1. The molecule has 0 bridgehead atoms. The van der Waals surface area contributed by atoms with Gasteiger partial charge in [-0.3, -0.25) is 4.79 Å². The lowest BCUT2D eigenvalue weighted by molar-refractivity contribution is -0.125. The van der Waals surface area contributed by atoms with Crippen LogP contribution in [0.5, 0.6) is 0 Å². The van der Waals surface area contributed by atoms with Crippen molar-refractivity contribution in [2.24, 2.45) is 13.0 Å². The van der Waals surface area contributed by atoms with Crippen LogP contribution < -0.4 is 10.6 Å². The summed E-state index contributed by atoms with van der Waals surface area (Å²) in [5.74, 6) is 0.624. The molecule has 1 aromatic heterocycles. The summed E-state index contributed by atoms with van der Waals surface area (Å²) in [5.41, 5.74) is 0. The molecule has 0 saturated carbocycles. The Bertz CT molecular complexity index is 420. The number of hydrogen-bond donors (Lipinski definition) is 2. The summed E-state index contributed by atoms with van der Waals surface area (Å²) in [6.45, 7) is 4.48. The van der Waals surface area contributed by atoms with Gasteiger partial charge in [0.25, 0.3) is 0 Å². The molecule has 1 saturated heterocycles. The van der Waals surface area contributed by atoms with Gasteiger partial charge in [0.15, 0.2) is 5.82 Å². The smallest absolute Gasteiger partial charge is 0.227 e. The Kier molecular flexibility index (Phi) is 4.86. The minimum atomic E-state index is -0.125. The molecule has 7 heteroatoms. The van der Waals surface area contributed by atoms with E-state index in [4.69, 9.17) is 4.74 Å². The van der Waals surface area contributed by atoms with Crippen molar-refractivity contribution in [2.75, 3.05) is 19.8 Å². The molecule has 2 heterocycles. The van der Waals surface area contributed by atoms with Gasteiger partial charge in [-0.1, -0.05) is 6.92 Å². The van der Waals surface area contributed by atoms with Crippen LogP contribution in [0.4, 0.5) is 0 Å². The molecule has 1 aliphatic rings. The first-order valence-electron chi connectivity index (χ1n) is 6.64. The molecule has 0 spiro atoms. The molecule has 1 aliphatic heterocycles. The lowest BCUT2D eigenvalue weighted by Gasteiger charge is -2.18. The van der Waals surface area contributed by atoms with Crippen molar-refractivity contribution in [3.63, 3.8) is 0 Å². The number of hydrogen-bond acceptors (Lipinski definition) is 5. The highest BCUT2D eigenvalue weighted by Crippen LogP contribution is 2.14. The highest BCUT2D eigenvalue weighted by molar-refractivity contribution is 5.79. The third-order valence-electron chi connectivity index (χ3n) is 3.30. The summed E-state index contributed by atoms with van der Waals surface area (Å²) >= 11 is 0. The van der Waals surface area contributed by atoms with E-state index in [1.165, 1.54) is 0 Å². The van der Waals surface area contributed by atoms with Crippen LogP contribution in [0.2, 0.25) is 0 Å². The lowest BCUT2D eigenvalue weighted by Crippen LogP contribution is -2.44. The third kappa shape index (κ3) is 3.51. The predicted molar refractivity (Wildman–Crippen MR) is 69.2 cm³/mol. The molecule has 0 radical (unpaired) electrons. The Hall–Kier alpha value is -1.47. The maximum atomic E-state index is 12.1. The topological polar surface area (TPSA) is 81.1 Å². The lowest BCUT2D eigenvalue weighted by atomic mass is 10.0. The van der Waals surface area contributed by atoms with Crippen LogP contribution in [0.15, 0.2) is 6.33 Å². The maximum absolute atomic E-state index is 12.1. The van der Waals surface area contributed by atoms with Gasteiger partial charge >= 0.3 is 0 Å². The van der Waals surface area contributed by atoms with E-state index in [0.717, 1.165) is 18.8 Å². The van der Waals surface area contributed by atoms with Crippen LogP contribution in [0.25, 0.3) is 0 Å². The molecular weight excluding hydrogens is 246 g/mol. The second kappa shape index (κ2) is 6.63. The van der Waals surface area contributed by atoms with Gasteiger partial charge in [0.2, 0.25) is 5.91 Å². The van der Waals surface area contributed by atoms with Crippen LogP contribution in [0.3, 0.4) is 0 Å². The fourth-order valence-corrected chi connectivity index (χ4v) is 2.11. The fourth-order valence-electron chi connectivity index (χ4n) is 2.11. The van der Waals surface area contributed by atoms with E-state index in [-0.39, 0.29) is 17.9 Å². The zero-order chi connectivity index (χ0) is 13.7. The first kappa shape index (κ1) is 14.0. The zero-order valence-electron chi connectivity index (χ0n) is 11.4. The van der Waals surface area contributed by atoms with Crippen LogP contribution >= 0.6 is 0 Å². The first-order valence-corrected chi connectivity index (χ1v) is 6.64. The Labute approximate surface area is 112 Å². The third-order valence-corrected chi connectivity index (χ3v) is 3.30. The largest absolute Gasteiger partial charge is 0.379 e. The molecular formula is C12H21N5O2. The van der Waals surface area contributed by atoms with Gasteiger partial charge in [0, 0.05) is 13.1 Å². The summed E-state index contributed by atoms with van der Waals surface area (Å²) in [4.78, 5) is 12.1. The second-order valence-corrected chi connectivity index (χ2v) is 4.78. The van der Waals surface area contributed by atoms with Crippen molar-refractivity contribution >= 4 is 5.91 Å². The molecule has 1 amide bonds. The van der Waals surface area contributed by atoms with E-state index in [0.29, 0.717) is 19.8 Å². The van der Waals surface area contributed by atoms with Crippen molar-refractivity contribution in [3.8, 4) is 0 Å². The average Bonchev–Trinajstić information content (AvgIpc) is 3.02. The monoisotopic (exact) mass is 267 g/mol. The normalized spacial score (nSPS) is 22.6. The van der Waals surface area contributed by atoms with Crippen molar-refractivity contribution in [3.05, 3.63) is 12.2 Å².